The van der Waals surface area contributed by atoms with Crippen molar-refractivity contribution in [1.82, 2.24) is 4.98 Å². The Hall–Kier alpha value is -2.61. The Morgan fingerprint density at radius 2 is 1.73 bits per heavy atom. The number of carboxylic acids is 1. The van der Waals surface area contributed by atoms with Crippen molar-refractivity contribution >= 4 is 12.0 Å². The van der Waals surface area contributed by atoms with Crippen LogP contribution in [0.4, 0.5) is 4.39 Å². The van der Waals surface area contributed by atoms with Gasteiger partial charge in [0.15, 0.2) is 0 Å². The number of rotatable bonds is 11. The lowest BCUT2D eigenvalue weighted by Gasteiger charge is -2.23. The zero-order valence-electron chi connectivity index (χ0n) is 19.9. The largest absolute Gasteiger partial charge is 0.481 e. The number of halogens is 1. The summed E-state index contributed by atoms with van der Waals surface area (Å²) in [5, 5.41) is 29.1. The summed E-state index contributed by atoms with van der Waals surface area (Å²) in [6.45, 7) is 8.49. The van der Waals surface area contributed by atoms with E-state index < -0.39 is 24.6 Å². The summed E-state index contributed by atoms with van der Waals surface area (Å²) in [6.07, 6.45) is 0.541. The fraction of sp³-hybridized carbons (Fsp3) is 0.462. The minimum Gasteiger partial charge on any atom is -0.481 e. The average Bonchev–Trinajstić information content (AvgIpc) is 2.72. The summed E-state index contributed by atoms with van der Waals surface area (Å²) < 4.78 is 19.2. The lowest BCUT2D eigenvalue weighted by molar-refractivity contribution is -0.139. The number of hydrogen-bond donors (Lipinski definition) is 3. The van der Waals surface area contributed by atoms with E-state index in [2.05, 4.69) is 13.8 Å². The molecule has 2 aromatic rings. The summed E-state index contributed by atoms with van der Waals surface area (Å²) in [4.78, 5) is 15.8. The van der Waals surface area contributed by atoms with Crippen molar-refractivity contribution in [3.8, 4) is 11.1 Å². The van der Waals surface area contributed by atoms with Gasteiger partial charge in [0.1, 0.15) is 5.82 Å². The standard InChI is InChI=1S/C26H34FNO5/c1-15(2)25-21(11-10-19(29)12-20(30)13-23(31)32)24(17-6-8-18(27)9-7-17)22(14-33-5)26(28-25)16(3)4/h6-11,15-16,19-20,29-30H,12-14H2,1-5H3,(H,31,32)/b11-10-/t19-,20-/m1/s1/i11+2. The van der Waals surface area contributed by atoms with Crippen LogP contribution in [0.2, 0.25) is 0 Å². The molecule has 2 atom stereocenters. The van der Waals surface area contributed by atoms with Crippen molar-refractivity contribution in [1.29, 1.82) is 0 Å². The monoisotopic (exact) mass is 461 g/mol. The van der Waals surface area contributed by atoms with Crippen molar-refractivity contribution in [2.45, 2.75) is 71.2 Å². The van der Waals surface area contributed by atoms with Crippen LogP contribution in [0.5, 0.6) is 0 Å². The molecule has 1 aromatic heterocycles. The molecule has 3 N–H and O–H groups in total. The van der Waals surface area contributed by atoms with Crippen LogP contribution in [0, 0.1) is 5.82 Å². The SMILES string of the molecule is COCc1c(C(C)C)nc(C(C)C)c(/[14CH]=C\[C@@H](O)C[C@@H](O)CC(=O)O)c1-c1ccc(F)cc1. The Morgan fingerprint density at radius 3 is 2.24 bits per heavy atom. The van der Waals surface area contributed by atoms with Crippen LogP contribution in [0.15, 0.2) is 30.3 Å². The number of pyridine rings is 1. The molecule has 2 rings (SSSR count). The number of aromatic nitrogens is 1. The molecule has 0 fully saturated rings. The summed E-state index contributed by atoms with van der Waals surface area (Å²) in [5.41, 5.74) is 5.05. The predicted octanol–water partition coefficient (Wildman–Crippen LogP) is 4.88. The van der Waals surface area contributed by atoms with Crippen LogP contribution in [0.3, 0.4) is 0 Å². The highest BCUT2D eigenvalue weighted by Gasteiger charge is 2.23. The number of carboxylic acid groups (broad SMARTS) is 1. The van der Waals surface area contributed by atoms with E-state index in [1.54, 1.807) is 25.3 Å². The fourth-order valence-electron chi connectivity index (χ4n) is 3.85. The van der Waals surface area contributed by atoms with E-state index in [0.717, 1.165) is 33.6 Å². The average molecular weight is 462 g/mol. The second-order valence-corrected chi connectivity index (χ2v) is 8.81. The molecule has 180 valence electrons. The predicted molar refractivity (Wildman–Crippen MR) is 126 cm³/mol. The number of aliphatic carboxylic acids is 1. The number of aliphatic hydroxyl groups excluding tert-OH is 2. The van der Waals surface area contributed by atoms with Gasteiger partial charge in [-0.2, -0.15) is 0 Å². The zero-order valence-corrected chi connectivity index (χ0v) is 19.9. The molecule has 0 radical (unpaired) electrons. The molecular formula is C26H34FNO5. The molecule has 6 nitrogen and oxygen atoms in total. The Kier molecular flexibility index (Phi) is 9.70. The first-order chi connectivity index (χ1) is 15.5. The molecule has 1 aromatic carbocycles. The van der Waals surface area contributed by atoms with Crippen LogP contribution < -0.4 is 0 Å². The van der Waals surface area contributed by atoms with E-state index in [0.29, 0.717) is 6.61 Å². The van der Waals surface area contributed by atoms with Gasteiger partial charge >= 0.3 is 5.97 Å². The molecule has 7 heteroatoms. The van der Waals surface area contributed by atoms with Crippen molar-refractivity contribution in [3.63, 3.8) is 0 Å². The Balaban J connectivity index is 2.69. The van der Waals surface area contributed by atoms with Crippen molar-refractivity contribution in [2.24, 2.45) is 0 Å². The number of aliphatic hydroxyl groups is 2. The molecule has 0 aliphatic carbocycles. The smallest absolute Gasteiger partial charge is 0.305 e. The number of carbonyl (C=O) groups is 1. The van der Waals surface area contributed by atoms with E-state index in [1.807, 2.05) is 13.8 Å². The summed E-state index contributed by atoms with van der Waals surface area (Å²) in [7, 11) is 1.61. The van der Waals surface area contributed by atoms with E-state index in [1.165, 1.54) is 18.2 Å². The highest BCUT2D eigenvalue weighted by atomic mass is 19.1. The van der Waals surface area contributed by atoms with Crippen molar-refractivity contribution < 1.29 is 29.2 Å². The Bertz CT molecular complexity index is 970. The first-order valence-corrected chi connectivity index (χ1v) is 11.1. The maximum atomic E-state index is 13.7. The minimum atomic E-state index is -1.16. The molecule has 0 amide bonds. The highest BCUT2D eigenvalue weighted by molar-refractivity contribution is 5.80. The molecular weight excluding hydrogens is 427 g/mol. The Morgan fingerprint density at radius 1 is 1.12 bits per heavy atom. The number of hydrogen-bond acceptors (Lipinski definition) is 5. The molecule has 0 spiro atoms. The van der Waals surface area contributed by atoms with E-state index >= 15 is 0 Å². The van der Waals surface area contributed by atoms with E-state index in [-0.39, 0.29) is 24.1 Å². The van der Waals surface area contributed by atoms with Gasteiger partial charge in [-0.25, -0.2) is 4.39 Å². The molecule has 33 heavy (non-hydrogen) atoms. The maximum absolute atomic E-state index is 13.7. The number of benzene rings is 1. The zero-order chi connectivity index (χ0) is 24.7. The molecule has 0 saturated carbocycles. The van der Waals surface area contributed by atoms with Gasteiger partial charge in [0.05, 0.1) is 30.9 Å². The Labute approximate surface area is 194 Å². The van der Waals surface area contributed by atoms with Gasteiger partial charge in [-0.15, -0.1) is 0 Å². The molecule has 0 saturated heterocycles. The van der Waals surface area contributed by atoms with Crippen LogP contribution in [-0.2, 0) is 16.1 Å². The van der Waals surface area contributed by atoms with Crippen LogP contribution >= 0.6 is 0 Å². The third kappa shape index (κ3) is 7.19. The van der Waals surface area contributed by atoms with Crippen molar-refractivity contribution in [3.05, 3.63) is 58.7 Å². The third-order valence-electron chi connectivity index (χ3n) is 5.32. The quantitative estimate of drug-likeness (QED) is 0.441. The van der Waals surface area contributed by atoms with Crippen LogP contribution in [0.1, 0.15) is 74.9 Å². The summed E-state index contributed by atoms with van der Waals surface area (Å²) in [6, 6.07) is 6.23. The lowest BCUT2D eigenvalue weighted by Crippen LogP contribution is -2.19. The molecule has 0 bridgehead atoms. The van der Waals surface area contributed by atoms with Crippen LogP contribution in [-0.4, -0.2) is 45.6 Å². The molecule has 1 heterocycles. The molecule has 0 aliphatic rings. The second-order valence-electron chi connectivity index (χ2n) is 8.81. The summed E-state index contributed by atoms with van der Waals surface area (Å²) in [5.74, 6) is -1.28. The normalized spacial score (nSPS) is 13.8. The number of ether oxygens (including phenoxy) is 1. The third-order valence-corrected chi connectivity index (χ3v) is 5.32. The van der Waals surface area contributed by atoms with Gasteiger partial charge in [0.2, 0.25) is 0 Å². The van der Waals surface area contributed by atoms with E-state index in [4.69, 9.17) is 14.8 Å². The van der Waals surface area contributed by atoms with Gasteiger partial charge in [0, 0.05) is 30.4 Å². The van der Waals surface area contributed by atoms with Gasteiger partial charge < -0.3 is 20.1 Å². The van der Waals surface area contributed by atoms with E-state index in [9.17, 15) is 19.4 Å². The van der Waals surface area contributed by atoms with Gasteiger partial charge in [0.25, 0.3) is 0 Å². The fourth-order valence-corrected chi connectivity index (χ4v) is 3.85. The van der Waals surface area contributed by atoms with Gasteiger partial charge in [-0.3, -0.25) is 9.78 Å². The molecule has 0 aliphatic heterocycles. The maximum Gasteiger partial charge on any atom is 0.305 e. The number of methoxy groups -OCH3 is 1. The van der Waals surface area contributed by atoms with Gasteiger partial charge in [-0.05, 0) is 35.1 Å². The first-order valence-electron chi connectivity index (χ1n) is 11.1. The lowest BCUT2D eigenvalue weighted by atomic mass is 9.90. The number of nitrogens with zero attached hydrogens (tertiary/aromatic N) is 1. The second kappa shape index (κ2) is 12.0. The molecule has 0 unspecified atom stereocenters. The van der Waals surface area contributed by atoms with Crippen molar-refractivity contribution in [2.75, 3.05) is 7.11 Å². The minimum absolute atomic E-state index is 0.0627. The first kappa shape index (κ1) is 26.6. The topological polar surface area (TPSA) is 99.9 Å². The van der Waals surface area contributed by atoms with Crippen LogP contribution in [0.25, 0.3) is 17.2 Å². The summed E-state index contributed by atoms with van der Waals surface area (Å²) >= 11 is 0. The van der Waals surface area contributed by atoms with Gasteiger partial charge in [-0.1, -0.05) is 52.0 Å². The highest BCUT2D eigenvalue weighted by Crippen LogP contribution is 2.37.